The summed E-state index contributed by atoms with van der Waals surface area (Å²) in [6.07, 6.45) is 2.49. The van der Waals surface area contributed by atoms with Crippen LogP contribution in [0.3, 0.4) is 0 Å². The lowest BCUT2D eigenvalue weighted by atomic mass is 9.95. The maximum absolute atomic E-state index is 4.30. The number of halogens is 1. The summed E-state index contributed by atoms with van der Waals surface area (Å²) in [5.74, 6) is 1.41. The molecule has 4 nitrogen and oxygen atoms in total. The second-order valence-electron chi connectivity index (χ2n) is 4.31. The zero-order chi connectivity index (χ0) is 13.0. The molecule has 5 heteroatoms. The zero-order valence-electron chi connectivity index (χ0n) is 10.6. The van der Waals surface area contributed by atoms with Crippen molar-refractivity contribution < 1.29 is 0 Å². The fourth-order valence-electron chi connectivity index (χ4n) is 2.04. The van der Waals surface area contributed by atoms with E-state index < -0.39 is 0 Å². The molecule has 1 N–H and O–H groups in total. The lowest BCUT2D eigenvalue weighted by Gasteiger charge is -2.16. The minimum Gasteiger partial charge on any atom is -0.319 e. The molecule has 0 aliphatic rings. The Bertz CT molecular complexity index is 509. The van der Waals surface area contributed by atoms with E-state index in [0.29, 0.717) is 5.92 Å². The number of hydrogen-bond donors (Lipinski definition) is 1. The highest BCUT2D eigenvalue weighted by molar-refractivity contribution is 9.10. The Balaban J connectivity index is 2.20. The van der Waals surface area contributed by atoms with E-state index in [0.717, 1.165) is 23.3 Å². The van der Waals surface area contributed by atoms with Gasteiger partial charge in [0.1, 0.15) is 12.2 Å². The molecule has 96 valence electrons. The fourth-order valence-corrected chi connectivity index (χ4v) is 2.46. The van der Waals surface area contributed by atoms with Crippen LogP contribution in [-0.2, 0) is 13.5 Å². The van der Waals surface area contributed by atoms with Crippen LogP contribution in [0, 0.1) is 0 Å². The van der Waals surface area contributed by atoms with Gasteiger partial charge in [0.25, 0.3) is 0 Å². The molecule has 18 heavy (non-hydrogen) atoms. The van der Waals surface area contributed by atoms with Gasteiger partial charge in [-0.15, -0.1) is 0 Å². The summed E-state index contributed by atoms with van der Waals surface area (Å²) in [5.41, 5.74) is 1.31. The van der Waals surface area contributed by atoms with Gasteiger partial charge in [0, 0.05) is 30.4 Å². The fraction of sp³-hybridized carbons (Fsp3) is 0.385. The van der Waals surface area contributed by atoms with Crippen molar-refractivity contribution in [3.05, 3.63) is 46.5 Å². The normalized spacial score (nSPS) is 12.6. The van der Waals surface area contributed by atoms with Crippen LogP contribution in [0.5, 0.6) is 0 Å². The van der Waals surface area contributed by atoms with Gasteiger partial charge in [-0.2, -0.15) is 5.10 Å². The van der Waals surface area contributed by atoms with Crippen molar-refractivity contribution in [1.29, 1.82) is 0 Å². The van der Waals surface area contributed by atoms with Crippen LogP contribution >= 0.6 is 15.9 Å². The number of likely N-dealkylation sites (N-methyl/N-ethyl adjacent to an activating group) is 1. The lowest BCUT2D eigenvalue weighted by Crippen LogP contribution is -2.20. The van der Waals surface area contributed by atoms with E-state index in [1.54, 1.807) is 6.33 Å². The molecule has 0 saturated heterocycles. The minimum absolute atomic E-state index is 0.399. The van der Waals surface area contributed by atoms with Gasteiger partial charge < -0.3 is 5.32 Å². The Hall–Kier alpha value is -1.20. The van der Waals surface area contributed by atoms with Gasteiger partial charge >= 0.3 is 0 Å². The van der Waals surface area contributed by atoms with Crippen molar-refractivity contribution in [2.75, 3.05) is 13.6 Å². The van der Waals surface area contributed by atoms with Gasteiger partial charge in [-0.1, -0.05) is 28.1 Å². The quantitative estimate of drug-likeness (QED) is 0.920. The first-order valence-corrected chi connectivity index (χ1v) is 6.73. The molecule has 0 saturated carbocycles. The number of aryl methyl sites for hydroxylation is 1. The van der Waals surface area contributed by atoms with E-state index in [2.05, 4.69) is 49.5 Å². The molecule has 2 rings (SSSR count). The summed E-state index contributed by atoms with van der Waals surface area (Å²) < 4.78 is 2.94. The summed E-state index contributed by atoms with van der Waals surface area (Å²) >= 11 is 3.52. The van der Waals surface area contributed by atoms with Crippen LogP contribution in [-0.4, -0.2) is 28.4 Å². The number of nitrogens with one attached hydrogen (secondary N) is 1. The van der Waals surface area contributed by atoms with Gasteiger partial charge in [-0.25, -0.2) is 4.98 Å². The topological polar surface area (TPSA) is 42.7 Å². The van der Waals surface area contributed by atoms with Crippen LogP contribution in [0.1, 0.15) is 17.3 Å². The third-order valence-electron chi connectivity index (χ3n) is 3.00. The SMILES string of the molecule is CNCC(Cc1ncnn1C)c1cccc(Br)c1. The molecular formula is C13H17BrN4. The Kier molecular flexibility index (Phi) is 4.49. The van der Waals surface area contributed by atoms with Crippen molar-refractivity contribution in [3.63, 3.8) is 0 Å². The third-order valence-corrected chi connectivity index (χ3v) is 3.50. The van der Waals surface area contributed by atoms with Gasteiger partial charge in [-0.05, 0) is 24.7 Å². The Morgan fingerprint density at radius 3 is 2.89 bits per heavy atom. The predicted molar refractivity (Wildman–Crippen MR) is 75.5 cm³/mol. The summed E-state index contributed by atoms with van der Waals surface area (Å²) in [6.45, 7) is 0.920. The summed E-state index contributed by atoms with van der Waals surface area (Å²) in [7, 11) is 3.90. The average molecular weight is 309 g/mol. The smallest absolute Gasteiger partial charge is 0.138 e. The van der Waals surface area contributed by atoms with Crippen LogP contribution in [0.4, 0.5) is 0 Å². The van der Waals surface area contributed by atoms with E-state index in [4.69, 9.17) is 0 Å². The van der Waals surface area contributed by atoms with E-state index in [1.165, 1.54) is 5.56 Å². The monoisotopic (exact) mass is 308 g/mol. The molecule has 0 fully saturated rings. The van der Waals surface area contributed by atoms with Crippen molar-refractivity contribution in [2.24, 2.45) is 7.05 Å². The Morgan fingerprint density at radius 2 is 2.28 bits per heavy atom. The molecule has 0 spiro atoms. The van der Waals surface area contributed by atoms with Crippen molar-refractivity contribution >= 4 is 15.9 Å². The van der Waals surface area contributed by atoms with E-state index in [-0.39, 0.29) is 0 Å². The van der Waals surface area contributed by atoms with Crippen LogP contribution in [0.25, 0.3) is 0 Å². The van der Waals surface area contributed by atoms with Crippen LogP contribution in [0.2, 0.25) is 0 Å². The summed E-state index contributed by atoms with van der Waals surface area (Å²) in [6, 6.07) is 8.43. The van der Waals surface area contributed by atoms with E-state index in [1.807, 2.05) is 24.8 Å². The number of hydrogen-bond acceptors (Lipinski definition) is 3. The molecular weight excluding hydrogens is 292 g/mol. The number of benzene rings is 1. The molecule has 1 aromatic carbocycles. The highest BCUT2D eigenvalue weighted by Crippen LogP contribution is 2.22. The van der Waals surface area contributed by atoms with Gasteiger partial charge in [0.15, 0.2) is 0 Å². The average Bonchev–Trinajstić information content (AvgIpc) is 2.74. The molecule has 0 bridgehead atoms. The standard InChI is InChI=1S/C13H17BrN4/c1-15-8-11(7-13-16-9-17-18(13)2)10-4-3-5-12(14)6-10/h3-6,9,11,15H,7-8H2,1-2H3. The molecule has 2 aromatic rings. The first kappa shape index (κ1) is 13.2. The Labute approximate surface area is 116 Å². The minimum atomic E-state index is 0.399. The second-order valence-corrected chi connectivity index (χ2v) is 5.23. The summed E-state index contributed by atoms with van der Waals surface area (Å²) in [5, 5.41) is 7.36. The van der Waals surface area contributed by atoms with Gasteiger partial charge in [0.2, 0.25) is 0 Å². The molecule has 1 heterocycles. The Morgan fingerprint density at radius 1 is 1.44 bits per heavy atom. The number of nitrogens with zero attached hydrogens (tertiary/aromatic N) is 3. The van der Waals surface area contributed by atoms with Gasteiger partial charge in [0.05, 0.1) is 0 Å². The van der Waals surface area contributed by atoms with Crippen molar-refractivity contribution in [2.45, 2.75) is 12.3 Å². The zero-order valence-corrected chi connectivity index (χ0v) is 12.2. The largest absolute Gasteiger partial charge is 0.319 e. The number of rotatable bonds is 5. The van der Waals surface area contributed by atoms with E-state index in [9.17, 15) is 0 Å². The number of aromatic nitrogens is 3. The van der Waals surface area contributed by atoms with E-state index >= 15 is 0 Å². The molecule has 0 radical (unpaired) electrons. The van der Waals surface area contributed by atoms with Crippen molar-refractivity contribution in [1.82, 2.24) is 20.1 Å². The molecule has 0 aliphatic heterocycles. The molecule has 0 aliphatic carbocycles. The summed E-state index contributed by atoms with van der Waals surface area (Å²) in [4.78, 5) is 4.30. The third kappa shape index (κ3) is 3.17. The molecule has 1 unspecified atom stereocenters. The lowest BCUT2D eigenvalue weighted by molar-refractivity contribution is 0.582. The molecule has 0 amide bonds. The maximum Gasteiger partial charge on any atom is 0.138 e. The second kappa shape index (κ2) is 6.11. The van der Waals surface area contributed by atoms with Crippen LogP contribution < -0.4 is 5.32 Å². The molecule has 1 aromatic heterocycles. The maximum atomic E-state index is 4.30. The van der Waals surface area contributed by atoms with Crippen LogP contribution in [0.15, 0.2) is 35.1 Å². The predicted octanol–water partition coefficient (Wildman–Crippen LogP) is 2.12. The first-order valence-electron chi connectivity index (χ1n) is 5.93. The first-order chi connectivity index (χ1) is 8.70. The van der Waals surface area contributed by atoms with Gasteiger partial charge in [-0.3, -0.25) is 4.68 Å². The van der Waals surface area contributed by atoms with Crippen molar-refractivity contribution in [3.8, 4) is 0 Å². The molecule has 1 atom stereocenters. The highest BCUT2D eigenvalue weighted by atomic mass is 79.9. The highest BCUT2D eigenvalue weighted by Gasteiger charge is 2.14.